The number of hydrogen-bond donors (Lipinski definition) is 2. The predicted molar refractivity (Wildman–Crippen MR) is 68.8 cm³/mol. The molecule has 0 heterocycles. The summed E-state index contributed by atoms with van der Waals surface area (Å²) >= 11 is 5.79. The molecule has 0 aliphatic rings. The van der Waals surface area contributed by atoms with Crippen molar-refractivity contribution in [3.8, 4) is 0 Å². The first-order chi connectivity index (χ1) is 7.38. The lowest BCUT2D eigenvalue weighted by molar-refractivity contribution is 0.163. The Kier molecular flexibility index (Phi) is 4.78. The molecular weight excluding hydrogens is 222 g/mol. The highest BCUT2D eigenvalue weighted by Crippen LogP contribution is 2.18. The lowest BCUT2D eigenvalue weighted by Gasteiger charge is -2.21. The zero-order valence-corrected chi connectivity index (χ0v) is 10.9. The van der Waals surface area contributed by atoms with Gasteiger partial charge in [0.15, 0.2) is 0 Å². The molecule has 1 rings (SSSR count). The molecule has 16 heavy (non-hydrogen) atoms. The van der Waals surface area contributed by atoms with E-state index in [9.17, 15) is 5.11 Å². The fourth-order valence-electron chi connectivity index (χ4n) is 1.44. The summed E-state index contributed by atoms with van der Waals surface area (Å²) < 4.78 is 0. The lowest BCUT2D eigenvalue weighted by Crippen LogP contribution is -2.36. The summed E-state index contributed by atoms with van der Waals surface area (Å²) in [5.41, 5.74) is 1.01. The second-order valence-corrected chi connectivity index (χ2v) is 5.47. The topological polar surface area (TPSA) is 32.3 Å². The van der Waals surface area contributed by atoms with Gasteiger partial charge in [0.25, 0.3) is 0 Å². The fraction of sp³-hybridized carbons (Fsp3) is 0.538. The fourth-order valence-corrected chi connectivity index (χ4v) is 1.56. The van der Waals surface area contributed by atoms with Crippen molar-refractivity contribution in [3.63, 3.8) is 0 Å². The van der Waals surface area contributed by atoms with Gasteiger partial charge < -0.3 is 10.4 Å². The van der Waals surface area contributed by atoms with Crippen molar-refractivity contribution in [1.29, 1.82) is 0 Å². The van der Waals surface area contributed by atoms with E-state index >= 15 is 0 Å². The molecule has 0 unspecified atom stereocenters. The Morgan fingerprint density at radius 1 is 1.25 bits per heavy atom. The third-order valence-electron chi connectivity index (χ3n) is 2.33. The maximum atomic E-state index is 9.93. The summed E-state index contributed by atoms with van der Waals surface area (Å²) in [6.45, 7) is 7.14. The average molecular weight is 242 g/mol. The van der Waals surface area contributed by atoms with Gasteiger partial charge in [-0.1, -0.05) is 23.7 Å². The van der Waals surface area contributed by atoms with E-state index in [4.69, 9.17) is 11.6 Å². The van der Waals surface area contributed by atoms with Crippen molar-refractivity contribution >= 4 is 11.6 Å². The van der Waals surface area contributed by atoms with Crippen molar-refractivity contribution in [2.24, 2.45) is 0 Å². The van der Waals surface area contributed by atoms with Crippen molar-refractivity contribution in [3.05, 3.63) is 34.9 Å². The first-order valence-electron chi connectivity index (χ1n) is 5.57. The number of rotatable bonds is 4. The summed E-state index contributed by atoms with van der Waals surface area (Å²) in [5, 5.41) is 14.0. The summed E-state index contributed by atoms with van der Waals surface area (Å²) in [4.78, 5) is 0. The first-order valence-corrected chi connectivity index (χ1v) is 5.95. The van der Waals surface area contributed by atoms with Gasteiger partial charge in [0.1, 0.15) is 0 Å². The van der Waals surface area contributed by atoms with Crippen LogP contribution in [0.3, 0.4) is 0 Å². The minimum Gasteiger partial charge on any atom is -0.388 e. The number of aliphatic hydroxyl groups is 1. The molecule has 1 atom stereocenters. The Hall–Kier alpha value is -0.570. The number of nitrogens with one attached hydrogen (secondary N) is 1. The molecule has 0 fully saturated rings. The second kappa shape index (κ2) is 5.67. The highest BCUT2D eigenvalue weighted by Gasteiger charge is 2.11. The van der Waals surface area contributed by atoms with Crippen LogP contribution in [-0.4, -0.2) is 17.2 Å². The molecule has 0 bridgehead atoms. The smallest absolute Gasteiger partial charge is 0.0802 e. The van der Waals surface area contributed by atoms with Crippen LogP contribution >= 0.6 is 11.6 Å². The van der Waals surface area contributed by atoms with Crippen LogP contribution in [0.4, 0.5) is 0 Å². The minimum absolute atomic E-state index is 0.0969. The molecule has 0 aliphatic carbocycles. The van der Waals surface area contributed by atoms with E-state index in [0.29, 0.717) is 11.4 Å². The maximum absolute atomic E-state index is 9.93. The van der Waals surface area contributed by atoms with E-state index in [1.54, 1.807) is 12.1 Å². The molecule has 0 aromatic heterocycles. The molecule has 0 saturated carbocycles. The van der Waals surface area contributed by atoms with Crippen molar-refractivity contribution in [2.45, 2.75) is 38.8 Å². The van der Waals surface area contributed by atoms with E-state index in [2.05, 4.69) is 26.1 Å². The molecule has 0 saturated heterocycles. The van der Waals surface area contributed by atoms with Gasteiger partial charge in [-0.2, -0.15) is 0 Å². The average Bonchev–Trinajstić information content (AvgIpc) is 2.16. The highest BCUT2D eigenvalue weighted by atomic mass is 35.5. The van der Waals surface area contributed by atoms with Crippen LogP contribution in [-0.2, 0) is 0 Å². The number of benzene rings is 1. The highest BCUT2D eigenvalue weighted by molar-refractivity contribution is 6.30. The SMILES string of the molecule is CC(C)(C)NCC[C@H](O)c1ccc(Cl)cc1. The number of hydrogen-bond acceptors (Lipinski definition) is 2. The van der Waals surface area contributed by atoms with Crippen molar-refractivity contribution in [1.82, 2.24) is 5.32 Å². The Labute approximate surface area is 103 Å². The zero-order valence-electron chi connectivity index (χ0n) is 10.1. The molecule has 0 amide bonds. The monoisotopic (exact) mass is 241 g/mol. The summed E-state index contributed by atoms with van der Waals surface area (Å²) in [5.74, 6) is 0. The van der Waals surface area contributed by atoms with E-state index in [0.717, 1.165) is 12.1 Å². The quantitative estimate of drug-likeness (QED) is 0.849. The molecule has 0 radical (unpaired) electrons. The van der Waals surface area contributed by atoms with Crippen LogP contribution in [0.1, 0.15) is 38.9 Å². The van der Waals surface area contributed by atoms with Crippen molar-refractivity contribution < 1.29 is 5.11 Å². The van der Waals surface area contributed by atoms with Gasteiger partial charge in [0.05, 0.1) is 6.10 Å². The Morgan fingerprint density at radius 2 is 1.81 bits per heavy atom. The van der Waals surface area contributed by atoms with Gasteiger partial charge in [-0.3, -0.25) is 0 Å². The minimum atomic E-state index is -0.424. The van der Waals surface area contributed by atoms with Gasteiger partial charge in [0.2, 0.25) is 0 Å². The van der Waals surface area contributed by atoms with E-state index in [1.807, 2.05) is 12.1 Å². The van der Waals surface area contributed by atoms with Gasteiger partial charge in [-0.15, -0.1) is 0 Å². The summed E-state index contributed by atoms with van der Waals surface area (Å²) in [6.07, 6.45) is 0.283. The van der Waals surface area contributed by atoms with E-state index < -0.39 is 6.10 Å². The van der Waals surface area contributed by atoms with Gasteiger partial charge in [-0.25, -0.2) is 0 Å². The third-order valence-corrected chi connectivity index (χ3v) is 2.58. The van der Waals surface area contributed by atoms with Crippen LogP contribution in [0.15, 0.2) is 24.3 Å². The third kappa shape index (κ3) is 4.97. The van der Waals surface area contributed by atoms with E-state index in [1.165, 1.54) is 0 Å². The Balaban J connectivity index is 2.41. The molecular formula is C13H20ClNO. The van der Waals surface area contributed by atoms with Crippen LogP contribution in [0, 0.1) is 0 Å². The molecule has 0 spiro atoms. The summed E-state index contributed by atoms with van der Waals surface area (Å²) in [7, 11) is 0. The van der Waals surface area contributed by atoms with Gasteiger partial charge in [0, 0.05) is 10.6 Å². The molecule has 1 aromatic rings. The van der Waals surface area contributed by atoms with Crippen molar-refractivity contribution in [2.75, 3.05) is 6.54 Å². The molecule has 2 nitrogen and oxygen atoms in total. The maximum Gasteiger partial charge on any atom is 0.0802 e. The van der Waals surface area contributed by atoms with Gasteiger partial charge in [-0.05, 0) is 51.4 Å². The van der Waals surface area contributed by atoms with Crippen LogP contribution in [0.25, 0.3) is 0 Å². The molecule has 90 valence electrons. The first kappa shape index (κ1) is 13.5. The molecule has 0 aliphatic heterocycles. The second-order valence-electron chi connectivity index (χ2n) is 5.03. The largest absolute Gasteiger partial charge is 0.388 e. The Bertz CT molecular complexity index is 316. The predicted octanol–water partition coefficient (Wildman–Crippen LogP) is 3.15. The lowest BCUT2D eigenvalue weighted by atomic mass is 10.1. The van der Waals surface area contributed by atoms with E-state index in [-0.39, 0.29) is 5.54 Å². The van der Waals surface area contributed by atoms with Crippen LogP contribution in [0.2, 0.25) is 5.02 Å². The molecule has 3 heteroatoms. The summed E-state index contributed by atoms with van der Waals surface area (Å²) in [6, 6.07) is 7.34. The molecule has 2 N–H and O–H groups in total. The standard InChI is InChI=1S/C13H20ClNO/c1-13(2,3)15-9-8-12(16)10-4-6-11(14)7-5-10/h4-7,12,15-16H,8-9H2,1-3H3/t12-/m0/s1. The van der Waals surface area contributed by atoms with Crippen LogP contribution < -0.4 is 5.32 Å². The number of halogens is 1. The normalized spacial score (nSPS) is 13.8. The van der Waals surface area contributed by atoms with Crippen LogP contribution in [0.5, 0.6) is 0 Å². The number of aliphatic hydroxyl groups excluding tert-OH is 1. The zero-order chi connectivity index (χ0) is 12.2. The molecule has 1 aromatic carbocycles. The van der Waals surface area contributed by atoms with Gasteiger partial charge >= 0.3 is 0 Å². The Morgan fingerprint density at radius 3 is 2.31 bits per heavy atom.